The maximum atomic E-state index is 6.08. The molecular weight excluding hydrogens is 188 g/mol. The topological polar surface area (TPSA) is 38.5 Å². The fourth-order valence-corrected chi connectivity index (χ4v) is 2.50. The normalized spacial score (nSPS) is 35.4. The molecule has 90 valence electrons. The highest BCUT2D eigenvalue weighted by Gasteiger charge is 2.32. The molecule has 0 aliphatic carbocycles. The molecule has 0 saturated carbocycles. The lowest BCUT2D eigenvalue weighted by Crippen LogP contribution is -2.54. The van der Waals surface area contributed by atoms with Gasteiger partial charge in [-0.3, -0.25) is 4.90 Å². The molecule has 15 heavy (non-hydrogen) atoms. The zero-order valence-corrected chi connectivity index (χ0v) is 10.6. The third kappa shape index (κ3) is 3.16. The Balaban J connectivity index is 2.47. The van der Waals surface area contributed by atoms with E-state index in [1.807, 2.05) is 0 Å². The van der Waals surface area contributed by atoms with Crippen LogP contribution in [-0.4, -0.2) is 43.3 Å². The van der Waals surface area contributed by atoms with Crippen molar-refractivity contribution in [3.63, 3.8) is 0 Å². The second-order valence-corrected chi connectivity index (χ2v) is 4.92. The minimum Gasteiger partial charge on any atom is -0.385 e. The molecule has 4 unspecified atom stereocenters. The number of hydrogen-bond donors (Lipinski definition) is 1. The fraction of sp³-hybridized carbons (Fsp3) is 1.00. The molecular formula is C12H26N2O. The number of ether oxygens (including phenoxy) is 1. The average Bonchev–Trinajstić information content (AvgIpc) is 2.23. The Morgan fingerprint density at radius 1 is 1.47 bits per heavy atom. The highest BCUT2D eigenvalue weighted by molar-refractivity contribution is 4.88. The standard InChI is InChI=1S/C12H26N2O/c1-9(6-8-15-4)14-7-5-12(13)10(2)11(14)3/h9-12H,5-8,13H2,1-4H3. The lowest BCUT2D eigenvalue weighted by Gasteiger charge is -2.44. The zero-order valence-electron chi connectivity index (χ0n) is 10.6. The molecule has 1 heterocycles. The molecule has 1 aliphatic rings. The van der Waals surface area contributed by atoms with Gasteiger partial charge in [-0.25, -0.2) is 0 Å². The van der Waals surface area contributed by atoms with E-state index < -0.39 is 0 Å². The summed E-state index contributed by atoms with van der Waals surface area (Å²) in [5.41, 5.74) is 6.08. The lowest BCUT2D eigenvalue weighted by molar-refractivity contribution is 0.0476. The molecule has 4 atom stereocenters. The molecule has 3 heteroatoms. The second kappa shape index (κ2) is 5.83. The van der Waals surface area contributed by atoms with E-state index >= 15 is 0 Å². The molecule has 0 radical (unpaired) electrons. The molecule has 1 fully saturated rings. The van der Waals surface area contributed by atoms with Gasteiger partial charge in [0, 0.05) is 38.4 Å². The summed E-state index contributed by atoms with van der Waals surface area (Å²) < 4.78 is 5.14. The monoisotopic (exact) mass is 214 g/mol. The highest BCUT2D eigenvalue weighted by Crippen LogP contribution is 2.24. The molecule has 0 aromatic rings. The summed E-state index contributed by atoms with van der Waals surface area (Å²) in [6.07, 6.45) is 2.24. The van der Waals surface area contributed by atoms with Crippen molar-refractivity contribution < 1.29 is 4.74 Å². The van der Waals surface area contributed by atoms with E-state index in [4.69, 9.17) is 10.5 Å². The molecule has 0 aromatic carbocycles. The first-order chi connectivity index (χ1) is 7.07. The number of methoxy groups -OCH3 is 1. The molecule has 1 aliphatic heterocycles. The van der Waals surface area contributed by atoms with Gasteiger partial charge in [-0.05, 0) is 32.6 Å². The average molecular weight is 214 g/mol. The largest absolute Gasteiger partial charge is 0.385 e. The Labute approximate surface area is 94.0 Å². The predicted octanol–water partition coefficient (Wildman–Crippen LogP) is 1.47. The number of piperidine rings is 1. The van der Waals surface area contributed by atoms with Crippen LogP contribution in [0.15, 0.2) is 0 Å². The lowest BCUT2D eigenvalue weighted by atomic mass is 9.86. The third-order valence-corrected chi connectivity index (χ3v) is 3.99. The maximum Gasteiger partial charge on any atom is 0.0477 e. The van der Waals surface area contributed by atoms with E-state index in [1.54, 1.807) is 7.11 Å². The number of nitrogens with two attached hydrogens (primary N) is 1. The Bertz CT molecular complexity index is 186. The van der Waals surface area contributed by atoms with Crippen LogP contribution < -0.4 is 5.73 Å². The Morgan fingerprint density at radius 3 is 2.73 bits per heavy atom. The van der Waals surface area contributed by atoms with Gasteiger partial charge in [-0.15, -0.1) is 0 Å². The first-order valence-electron chi connectivity index (χ1n) is 6.08. The van der Waals surface area contributed by atoms with Gasteiger partial charge in [0.2, 0.25) is 0 Å². The van der Waals surface area contributed by atoms with Crippen molar-refractivity contribution in [2.24, 2.45) is 11.7 Å². The van der Waals surface area contributed by atoms with Crippen molar-refractivity contribution in [2.75, 3.05) is 20.3 Å². The minimum absolute atomic E-state index is 0.380. The van der Waals surface area contributed by atoms with Crippen LogP contribution >= 0.6 is 0 Å². The van der Waals surface area contributed by atoms with Crippen LogP contribution in [-0.2, 0) is 4.74 Å². The SMILES string of the molecule is COCCC(C)N1CCC(N)C(C)C1C. The first-order valence-corrected chi connectivity index (χ1v) is 6.08. The van der Waals surface area contributed by atoms with Gasteiger partial charge in [0.1, 0.15) is 0 Å². The Hall–Kier alpha value is -0.120. The van der Waals surface area contributed by atoms with Crippen LogP contribution in [0.25, 0.3) is 0 Å². The summed E-state index contributed by atoms with van der Waals surface area (Å²) in [7, 11) is 1.77. The third-order valence-electron chi connectivity index (χ3n) is 3.99. The highest BCUT2D eigenvalue weighted by atomic mass is 16.5. The van der Waals surface area contributed by atoms with Crippen LogP contribution in [0.4, 0.5) is 0 Å². The van der Waals surface area contributed by atoms with Crippen molar-refractivity contribution >= 4 is 0 Å². The molecule has 1 saturated heterocycles. The van der Waals surface area contributed by atoms with Gasteiger partial charge in [0.25, 0.3) is 0 Å². The van der Waals surface area contributed by atoms with E-state index in [1.165, 1.54) is 0 Å². The number of nitrogens with zero attached hydrogens (tertiary/aromatic N) is 1. The van der Waals surface area contributed by atoms with E-state index in [-0.39, 0.29) is 0 Å². The summed E-state index contributed by atoms with van der Waals surface area (Å²) >= 11 is 0. The summed E-state index contributed by atoms with van der Waals surface area (Å²) in [5.74, 6) is 0.601. The summed E-state index contributed by atoms with van der Waals surface area (Å²) in [6, 6.07) is 1.58. The van der Waals surface area contributed by atoms with E-state index in [0.717, 1.165) is 26.0 Å². The summed E-state index contributed by atoms with van der Waals surface area (Å²) in [5, 5.41) is 0. The molecule has 1 rings (SSSR count). The van der Waals surface area contributed by atoms with E-state index in [2.05, 4.69) is 25.7 Å². The number of rotatable bonds is 4. The Kier molecular flexibility index (Phi) is 5.03. The quantitative estimate of drug-likeness (QED) is 0.770. The smallest absolute Gasteiger partial charge is 0.0477 e. The van der Waals surface area contributed by atoms with Crippen molar-refractivity contribution in [1.82, 2.24) is 4.90 Å². The number of likely N-dealkylation sites (tertiary alicyclic amines) is 1. The van der Waals surface area contributed by atoms with Gasteiger partial charge < -0.3 is 10.5 Å². The van der Waals surface area contributed by atoms with Crippen LogP contribution in [0, 0.1) is 5.92 Å². The van der Waals surface area contributed by atoms with Crippen LogP contribution in [0.3, 0.4) is 0 Å². The molecule has 0 spiro atoms. The zero-order chi connectivity index (χ0) is 11.4. The van der Waals surface area contributed by atoms with Crippen LogP contribution in [0.5, 0.6) is 0 Å². The van der Waals surface area contributed by atoms with Crippen molar-refractivity contribution in [3.05, 3.63) is 0 Å². The first kappa shape index (κ1) is 12.9. The summed E-state index contributed by atoms with van der Waals surface area (Å²) in [4.78, 5) is 2.58. The van der Waals surface area contributed by atoms with Crippen LogP contribution in [0.2, 0.25) is 0 Å². The van der Waals surface area contributed by atoms with Crippen molar-refractivity contribution in [1.29, 1.82) is 0 Å². The maximum absolute atomic E-state index is 6.08. The molecule has 3 nitrogen and oxygen atoms in total. The molecule has 0 bridgehead atoms. The van der Waals surface area contributed by atoms with Gasteiger partial charge in [0.05, 0.1) is 0 Å². The minimum atomic E-state index is 0.380. The fourth-order valence-electron chi connectivity index (χ4n) is 2.50. The molecule has 0 aromatic heterocycles. The van der Waals surface area contributed by atoms with Gasteiger partial charge >= 0.3 is 0 Å². The van der Waals surface area contributed by atoms with Crippen LogP contribution in [0.1, 0.15) is 33.6 Å². The van der Waals surface area contributed by atoms with Gasteiger partial charge in [-0.2, -0.15) is 0 Å². The van der Waals surface area contributed by atoms with Crippen molar-refractivity contribution in [2.45, 2.75) is 51.7 Å². The van der Waals surface area contributed by atoms with Crippen molar-refractivity contribution in [3.8, 4) is 0 Å². The number of hydrogen-bond acceptors (Lipinski definition) is 3. The van der Waals surface area contributed by atoms with Gasteiger partial charge in [-0.1, -0.05) is 6.92 Å². The second-order valence-electron chi connectivity index (χ2n) is 4.92. The predicted molar refractivity (Wildman–Crippen MR) is 63.9 cm³/mol. The molecule has 2 N–H and O–H groups in total. The van der Waals surface area contributed by atoms with E-state index in [0.29, 0.717) is 24.0 Å². The Morgan fingerprint density at radius 2 is 2.13 bits per heavy atom. The van der Waals surface area contributed by atoms with E-state index in [9.17, 15) is 0 Å². The van der Waals surface area contributed by atoms with Gasteiger partial charge in [0.15, 0.2) is 0 Å². The summed E-state index contributed by atoms with van der Waals surface area (Å²) in [6.45, 7) is 8.85. The molecule has 0 amide bonds.